The van der Waals surface area contributed by atoms with Gasteiger partial charge in [0.25, 0.3) is 0 Å². The Morgan fingerprint density at radius 1 is 0.491 bits per heavy atom. The van der Waals surface area contributed by atoms with Crippen molar-refractivity contribution in [3.63, 3.8) is 0 Å². The molecule has 0 radical (unpaired) electrons. The third-order valence-electron chi connectivity index (χ3n) is 13.6. The van der Waals surface area contributed by atoms with Crippen molar-refractivity contribution in [3.05, 3.63) is 0 Å². The van der Waals surface area contributed by atoms with E-state index in [2.05, 4.69) is 15.7 Å². The number of hydroxylamine groups is 1. The monoisotopic (exact) mass is 856 g/mol. The zero-order valence-corrected chi connectivity index (χ0v) is 35.1. The zero-order chi connectivity index (χ0) is 38.9. The van der Waals surface area contributed by atoms with Gasteiger partial charge in [-0.25, -0.2) is 4.89 Å². The first-order valence-electron chi connectivity index (χ1n) is 21.3. The number of rotatable bonds is 15. The molecule has 0 saturated heterocycles. The van der Waals surface area contributed by atoms with Crippen LogP contribution in [0.15, 0.2) is 0 Å². The Kier molecular flexibility index (Phi) is 17.7. The quantitative estimate of drug-likeness (QED) is 0.0727. The average molecular weight is 859 g/mol. The first kappa shape index (κ1) is 44.4. The van der Waals surface area contributed by atoms with E-state index in [1.807, 2.05) is 0 Å². The van der Waals surface area contributed by atoms with Gasteiger partial charge in [0.15, 0.2) is 0 Å². The summed E-state index contributed by atoms with van der Waals surface area (Å²) in [5, 5.41) is 20.6. The summed E-state index contributed by atoms with van der Waals surface area (Å²) in [6.07, 6.45) is 20.1. The second kappa shape index (κ2) is 21.9. The Hall–Kier alpha value is -0.180. The predicted octanol–water partition coefficient (Wildman–Crippen LogP) is 7.97. The molecular weight excluding hydrogens is 794 g/mol. The normalized spacial score (nSPS) is 43.1. The van der Waals surface area contributed by atoms with Crippen molar-refractivity contribution in [1.82, 2.24) is 10.8 Å². The Morgan fingerprint density at radius 2 is 0.855 bits per heavy atom. The number of ether oxygens (including phenoxy) is 3. The SMILES string of the molecule is O=C(O)C1C(Cl)CCC(Cl)C1C(=O)NC1CCC(OC2CCC(OC3CCC(OC4CCC(NOCC5C(Cl)CCC(Cl)C5COO)CC4)CC3)CC2)CC1. The Morgan fingerprint density at radius 3 is 1.27 bits per heavy atom. The van der Waals surface area contributed by atoms with E-state index in [1.54, 1.807) is 0 Å². The van der Waals surface area contributed by atoms with Crippen molar-refractivity contribution >= 4 is 58.3 Å². The summed E-state index contributed by atoms with van der Waals surface area (Å²) >= 11 is 25.8. The number of hydrogen-bond acceptors (Lipinski definition) is 9. The lowest BCUT2D eigenvalue weighted by Crippen LogP contribution is -2.51. The van der Waals surface area contributed by atoms with Crippen molar-refractivity contribution in [2.24, 2.45) is 23.7 Å². The summed E-state index contributed by atoms with van der Waals surface area (Å²) in [4.78, 5) is 35.3. The van der Waals surface area contributed by atoms with Gasteiger partial charge in [-0.3, -0.25) is 14.8 Å². The Bertz CT molecular complexity index is 1180. The first-order valence-corrected chi connectivity index (χ1v) is 23.0. The number of amides is 1. The average Bonchev–Trinajstić information content (AvgIpc) is 3.18. The number of carboxylic acid groups (broad SMARTS) is 1. The van der Waals surface area contributed by atoms with E-state index in [9.17, 15) is 14.7 Å². The van der Waals surface area contributed by atoms with Gasteiger partial charge in [-0.15, -0.1) is 46.4 Å². The van der Waals surface area contributed by atoms with Gasteiger partial charge in [-0.05, 0) is 128 Å². The topological polar surface area (TPSA) is 145 Å². The fourth-order valence-electron chi connectivity index (χ4n) is 10.2. The van der Waals surface area contributed by atoms with Crippen LogP contribution in [0.5, 0.6) is 0 Å². The molecule has 15 heteroatoms. The highest BCUT2D eigenvalue weighted by atomic mass is 35.5. The molecule has 8 atom stereocenters. The minimum absolute atomic E-state index is 0.00451. The molecule has 4 N–H and O–H groups in total. The standard InChI is InChI=1S/C40H64Cl4N2O9/c41-33-17-18-34(42)32(22-52-50)31(33)21-51-46-24-3-7-26(8-4-24)54-28-11-15-30(16-12-28)55-29-13-9-27(10-14-29)53-25-5-1-23(2-6-25)45-39(47)37-35(43)19-20-36(44)38(37)40(48)49/h23-38,46,50H,1-22H2,(H,45,47)(H,48,49). The molecule has 0 spiro atoms. The van der Waals surface area contributed by atoms with Crippen molar-refractivity contribution < 1.29 is 43.9 Å². The second-order valence-corrected chi connectivity index (χ2v) is 19.6. The van der Waals surface area contributed by atoms with Gasteiger partial charge >= 0.3 is 5.97 Å². The highest BCUT2D eigenvalue weighted by Gasteiger charge is 2.47. The Labute approximate surface area is 347 Å². The van der Waals surface area contributed by atoms with Gasteiger partial charge in [0.05, 0.1) is 61.7 Å². The lowest BCUT2D eigenvalue weighted by atomic mass is 9.77. The molecule has 6 fully saturated rings. The number of carbonyl (C=O) groups is 2. The lowest BCUT2D eigenvalue weighted by Gasteiger charge is -2.38. The van der Waals surface area contributed by atoms with Gasteiger partial charge in [0.2, 0.25) is 5.91 Å². The van der Waals surface area contributed by atoms with Crippen LogP contribution >= 0.6 is 46.4 Å². The number of nitrogens with one attached hydrogen (secondary N) is 2. The third kappa shape index (κ3) is 12.7. The molecule has 0 aromatic heterocycles. The molecule has 1 amide bonds. The molecule has 6 aliphatic carbocycles. The van der Waals surface area contributed by atoms with E-state index < -0.39 is 28.6 Å². The maximum absolute atomic E-state index is 13.1. The van der Waals surface area contributed by atoms with Crippen LogP contribution in [-0.4, -0.2) is 106 Å². The molecule has 8 unspecified atom stereocenters. The summed E-state index contributed by atoms with van der Waals surface area (Å²) in [7, 11) is 0. The first-order chi connectivity index (χ1) is 26.6. The largest absolute Gasteiger partial charge is 0.481 e. The number of hydrogen-bond donors (Lipinski definition) is 4. The van der Waals surface area contributed by atoms with Crippen molar-refractivity contribution in [2.45, 2.75) is 199 Å². The number of carbonyl (C=O) groups excluding carboxylic acids is 1. The molecule has 0 aliphatic heterocycles. The van der Waals surface area contributed by atoms with E-state index in [1.165, 1.54) is 0 Å². The molecule has 6 saturated carbocycles. The summed E-state index contributed by atoms with van der Waals surface area (Å²) < 4.78 is 19.7. The summed E-state index contributed by atoms with van der Waals surface area (Å²) in [6.45, 7) is 0.615. The van der Waals surface area contributed by atoms with Gasteiger partial charge in [0.1, 0.15) is 0 Å². The van der Waals surface area contributed by atoms with Crippen molar-refractivity contribution in [1.29, 1.82) is 0 Å². The van der Waals surface area contributed by atoms with Crippen molar-refractivity contribution in [2.75, 3.05) is 13.2 Å². The molecule has 0 bridgehead atoms. The molecule has 6 rings (SSSR count). The zero-order valence-electron chi connectivity index (χ0n) is 32.1. The lowest BCUT2D eigenvalue weighted by molar-refractivity contribution is -0.256. The molecular formula is C40H64Cl4N2O9. The highest BCUT2D eigenvalue weighted by Crippen LogP contribution is 2.39. The van der Waals surface area contributed by atoms with Gasteiger partial charge in [0, 0.05) is 45.4 Å². The summed E-state index contributed by atoms with van der Waals surface area (Å²) in [5.41, 5.74) is 3.26. The van der Waals surface area contributed by atoms with E-state index in [4.69, 9.17) is 70.7 Å². The number of alkyl halides is 4. The van der Waals surface area contributed by atoms with Gasteiger partial charge in [-0.1, -0.05) is 0 Å². The van der Waals surface area contributed by atoms with Crippen LogP contribution in [0.1, 0.15) is 128 Å². The fraction of sp³-hybridized carbons (Fsp3) is 0.950. The minimum atomic E-state index is -1.05. The summed E-state index contributed by atoms with van der Waals surface area (Å²) in [6, 6.07) is 0.295. The van der Waals surface area contributed by atoms with E-state index >= 15 is 0 Å². The van der Waals surface area contributed by atoms with Crippen LogP contribution < -0.4 is 10.8 Å². The number of halogens is 4. The smallest absolute Gasteiger partial charge is 0.308 e. The minimum Gasteiger partial charge on any atom is -0.481 e. The fourth-order valence-corrected chi connectivity index (χ4v) is 11.8. The molecule has 0 aromatic carbocycles. The highest BCUT2D eigenvalue weighted by molar-refractivity contribution is 6.25. The van der Waals surface area contributed by atoms with Crippen LogP contribution in [-0.2, 0) is 33.5 Å². The van der Waals surface area contributed by atoms with Gasteiger partial charge in [-0.2, -0.15) is 5.48 Å². The number of aliphatic carboxylic acids is 1. The maximum Gasteiger partial charge on any atom is 0.308 e. The molecule has 316 valence electrons. The summed E-state index contributed by atoms with van der Waals surface area (Å²) in [5.74, 6) is -3.12. The Balaban J connectivity index is 0.796. The van der Waals surface area contributed by atoms with Gasteiger partial charge < -0.3 is 29.5 Å². The van der Waals surface area contributed by atoms with E-state index in [0.717, 1.165) is 116 Å². The van der Waals surface area contributed by atoms with Crippen LogP contribution in [0.4, 0.5) is 0 Å². The van der Waals surface area contributed by atoms with Crippen molar-refractivity contribution in [3.8, 4) is 0 Å². The van der Waals surface area contributed by atoms with Crippen LogP contribution in [0.25, 0.3) is 0 Å². The van der Waals surface area contributed by atoms with Crippen LogP contribution in [0.3, 0.4) is 0 Å². The molecule has 0 heterocycles. The number of carboxylic acids is 1. The molecule has 6 aliphatic rings. The molecule has 0 aromatic rings. The molecule has 55 heavy (non-hydrogen) atoms. The van der Waals surface area contributed by atoms with E-state index in [-0.39, 0.29) is 53.4 Å². The van der Waals surface area contributed by atoms with Crippen LogP contribution in [0.2, 0.25) is 0 Å². The van der Waals surface area contributed by atoms with Crippen LogP contribution in [0, 0.1) is 23.7 Å². The third-order valence-corrected chi connectivity index (χ3v) is 15.6. The van der Waals surface area contributed by atoms with E-state index in [0.29, 0.717) is 49.9 Å². The second-order valence-electron chi connectivity index (χ2n) is 17.3. The maximum atomic E-state index is 13.1. The predicted molar refractivity (Wildman–Crippen MR) is 212 cm³/mol. The molecule has 11 nitrogen and oxygen atoms in total.